The topological polar surface area (TPSA) is 77.8 Å². The fourth-order valence-electron chi connectivity index (χ4n) is 2.11. The zero-order valence-corrected chi connectivity index (χ0v) is 12.6. The lowest BCUT2D eigenvalue weighted by atomic mass is 10.1. The molecule has 20 heavy (non-hydrogen) atoms. The van der Waals surface area contributed by atoms with Crippen molar-refractivity contribution in [1.82, 2.24) is 4.90 Å². The van der Waals surface area contributed by atoms with E-state index in [2.05, 4.69) is 6.92 Å². The molecule has 0 bridgehead atoms. The van der Waals surface area contributed by atoms with Crippen LogP contribution in [0.5, 0.6) is 0 Å². The van der Waals surface area contributed by atoms with Crippen molar-refractivity contribution in [2.24, 2.45) is 0 Å². The minimum Gasteiger partial charge on any atom is -0.481 e. The first-order valence-corrected chi connectivity index (χ1v) is 7.72. The molecular formula is C15H29NO4. The van der Waals surface area contributed by atoms with Gasteiger partial charge in [-0.05, 0) is 12.8 Å². The third-order valence-corrected chi connectivity index (χ3v) is 3.29. The number of amides is 1. The second-order valence-corrected chi connectivity index (χ2v) is 5.12. The van der Waals surface area contributed by atoms with Crippen molar-refractivity contribution in [3.8, 4) is 0 Å². The summed E-state index contributed by atoms with van der Waals surface area (Å²) in [6, 6.07) is 0. The number of carboxylic acids is 1. The van der Waals surface area contributed by atoms with E-state index in [1.807, 2.05) is 0 Å². The number of carboxylic acid groups (broad SMARTS) is 1. The number of hydrogen-bond donors (Lipinski definition) is 2. The molecule has 0 saturated heterocycles. The molecule has 0 spiro atoms. The Kier molecular flexibility index (Phi) is 12.2. The fourth-order valence-corrected chi connectivity index (χ4v) is 2.11. The minimum absolute atomic E-state index is 0.0235. The average molecular weight is 287 g/mol. The molecule has 2 N–H and O–H groups in total. The Morgan fingerprint density at radius 2 is 1.55 bits per heavy atom. The summed E-state index contributed by atoms with van der Waals surface area (Å²) < 4.78 is 0. The van der Waals surface area contributed by atoms with Crippen LogP contribution in [-0.2, 0) is 9.59 Å². The van der Waals surface area contributed by atoms with E-state index in [-0.39, 0.29) is 25.4 Å². The van der Waals surface area contributed by atoms with Crippen molar-refractivity contribution < 1.29 is 19.8 Å². The predicted molar refractivity (Wildman–Crippen MR) is 78.5 cm³/mol. The summed E-state index contributed by atoms with van der Waals surface area (Å²) in [4.78, 5) is 24.0. The number of aliphatic hydroxyl groups is 1. The smallest absolute Gasteiger partial charge is 0.303 e. The molecule has 0 aromatic rings. The van der Waals surface area contributed by atoms with Crippen LogP contribution in [0.25, 0.3) is 0 Å². The average Bonchev–Trinajstić information content (AvgIpc) is 2.40. The molecule has 5 heteroatoms. The van der Waals surface area contributed by atoms with Gasteiger partial charge in [-0.15, -0.1) is 0 Å². The molecule has 118 valence electrons. The van der Waals surface area contributed by atoms with Crippen LogP contribution >= 0.6 is 0 Å². The van der Waals surface area contributed by atoms with Crippen LogP contribution in [0, 0.1) is 0 Å². The van der Waals surface area contributed by atoms with Gasteiger partial charge in [0.05, 0.1) is 6.61 Å². The summed E-state index contributed by atoms with van der Waals surface area (Å²) in [5, 5.41) is 17.5. The zero-order chi connectivity index (χ0) is 15.2. The molecule has 5 nitrogen and oxygen atoms in total. The van der Waals surface area contributed by atoms with Gasteiger partial charge in [-0.2, -0.15) is 0 Å². The highest BCUT2D eigenvalue weighted by Crippen LogP contribution is 2.07. The molecule has 0 aliphatic carbocycles. The number of nitrogens with zero attached hydrogens (tertiary/aromatic N) is 1. The van der Waals surface area contributed by atoms with Gasteiger partial charge in [-0.1, -0.05) is 39.0 Å². The van der Waals surface area contributed by atoms with E-state index in [4.69, 9.17) is 10.2 Å². The third-order valence-electron chi connectivity index (χ3n) is 3.29. The van der Waals surface area contributed by atoms with Crippen LogP contribution in [0.3, 0.4) is 0 Å². The lowest BCUT2D eigenvalue weighted by molar-refractivity contribution is -0.137. The number of carbonyl (C=O) groups excluding carboxylic acids is 1. The molecule has 0 aliphatic heterocycles. The maximum atomic E-state index is 11.9. The zero-order valence-electron chi connectivity index (χ0n) is 12.6. The minimum atomic E-state index is -0.873. The second kappa shape index (κ2) is 12.9. The van der Waals surface area contributed by atoms with Crippen LogP contribution in [-0.4, -0.2) is 46.7 Å². The number of aliphatic hydroxyl groups excluding tert-OH is 1. The SMILES string of the molecule is CCCCCCCCN(CCO)C(=O)CCCC(=O)O. The summed E-state index contributed by atoms with van der Waals surface area (Å²) in [7, 11) is 0. The molecular weight excluding hydrogens is 258 g/mol. The largest absolute Gasteiger partial charge is 0.481 e. The van der Waals surface area contributed by atoms with E-state index in [1.165, 1.54) is 25.7 Å². The molecule has 0 radical (unpaired) electrons. The van der Waals surface area contributed by atoms with Crippen LogP contribution < -0.4 is 0 Å². The van der Waals surface area contributed by atoms with Gasteiger partial charge in [-0.3, -0.25) is 9.59 Å². The summed E-state index contributed by atoms with van der Waals surface area (Å²) >= 11 is 0. The van der Waals surface area contributed by atoms with Crippen molar-refractivity contribution in [3.63, 3.8) is 0 Å². The first-order chi connectivity index (χ1) is 9.61. The van der Waals surface area contributed by atoms with Gasteiger partial charge >= 0.3 is 5.97 Å². The van der Waals surface area contributed by atoms with Crippen molar-refractivity contribution in [1.29, 1.82) is 0 Å². The molecule has 0 aromatic heterocycles. The van der Waals surface area contributed by atoms with Gasteiger partial charge in [-0.25, -0.2) is 0 Å². The lowest BCUT2D eigenvalue weighted by Crippen LogP contribution is -2.34. The normalized spacial score (nSPS) is 10.5. The van der Waals surface area contributed by atoms with Crippen molar-refractivity contribution >= 4 is 11.9 Å². The Morgan fingerprint density at radius 3 is 2.15 bits per heavy atom. The summed E-state index contributed by atoms with van der Waals surface area (Å²) in [5.41, 5.74) is 0. The number of aliphatic carboxylic acids is 1. The maximum Gasteiger partial charge on any atom is 0.303 e. The van der Waals surface area contributed by atoms with E-state index in [9.17, 15) is 9.59 Å². The Bertz CT molecular complexity index is 269. The van der Waals surface area contributed by atoms with Crippen molar-refractivity contribution in [2.45, 2.75) is 64.7 Å². The predicted octanol–water partition coefficient (Wildman–Crippen LogP) is 2.42. The van der Waals surface area contributed by atoms with Crippen molar-refractivity contribution in [2.75, 3.05) is 19.7 Å². The van der Waals surface area contributed by atoms with Gasteiger partial charge in [0, 0.05) is 25.9 Å². The van der Waals surface area contributed by atoms with Crippen LogP contribution in [0.2, 0.25) is 0 Å². The Balaban J connectivity index is 3.83. The Hall–Kier alpha value is -1.10. The summed E-state index contributed by atoms with van der Waals surface area (Å²) in [6.45, 7) is 3.15. The van der Waals surface area contributed by atoms with Gasteiger partial charge in [0.15, 0.2) is 0 Å². The summed E-state index contributed by atoms with van der Waals surface area (Å²) in [6.07, 6.45) is 7.60. The standard InChI is InChI=1S/C15H29NO4/c1-2-3-4-5-6-7-11-16(12-13-17)14(18)9-8-10-15(19)20/h17H,2-13H2,1H3,(H,19,20). The van der Waals surface area contributed by atoms with Gasteiger partial charge in [0.1, 0.15) is 0 Å². The molecule has 0 fully saturated rings. The molecule has 0 heterocycles. The van der Waals surface area contributed by atoms with E-state index >= 15 is 0 Å². The quantitative estimate of drug-likeness (QED) is 0.510. The first-order valence-electron chi connectivity index (χ1n) is 7.72. The number of carbonyl (C=O) groups is 2. The van der Waals surface area contributed by atoms with Crippen molar-refractivity contribution in [3.05, 3.63) is 0 Å². The van der Waals surface area contributed by atoms with E-state index in [1.54, 1.807) is 4.90 Å². The number of rotatable bonds is 13. The highest BCUT2D eigenvalue weighted by molar-refractivity contribution is 5.77. The van der Waals surface area contributed by atoms with E-state index < -0.39 is 5.97 Å². The number of unbranched alkanes of at least 4 members (excludes halogenated alkanes) is 5. The number of hydrogen-bond acceptors (Lipinski definition) is 3. The third kappa shape index (κ3) is 10.8. The highest BCUT2D eigenvalue weighted by Gasteiger charge is 2.12. The monoisotopic (exact) mass is 287 g/mol. The summed E-state index contributed by atoms with van der Waals surface area (Å²) in [5.74, 6) is -0.920. The van der Waals surface area contributed by atoms with Gasteiger partial charge in [0.2, 0.25) is 5.91 Å². The maximum absolute atomic E-state index is 11.9. The van der Waals surface area contributed by atoms with E-state index in [0.29, 0.717) is 19.5 Å². The highest BCUT2D eigenvalue weighted by atomic mass is 16.4. The molecule has 0 rings (SSSR count). The second-order valence-electron chi connectivity index (χ2n) is 5.12. The van der Waals surface area contributed by atoms with Crippen LogP contribution in [0.15, 0.2) is 0 Å². The molecule has 0 aromatic carbocycles. The van der Waals surface area contributed by atoms with Gasteiger partial charge < -0.3 is 15.1 Å². The Labute approximate surface area is 122 Å². The Morgan fingerprint density at radius 1 is 0.900 bits per heavy atom. The van der Waals surface area contributed by atoms with Crippen LogP contribution in [0.4, 0.5) is 0 Å². The molecule has 1 amide bonds. The fraction of sp³-hybridized carbons (Fsp3) is 0.867. The molecule has 0 saturated carbocycles. The van der Waals surface area contributed by atoms with Gasteiger partial charge in [0.25, 0.3) is 0 Å². The van der Waals surface area contributed by atoms with E-state index in [0.717, 1.165) is 12.8 Å². The molecule has 0 atom stereocenters. The lowest BCUT2D eigenvalue weighted by Gasteiger charge is -2.21. The van der Waals surface area contributed by atoms with Crippen LogP contribution in [0.1, 0.15) is 64.7 Å². The molecule has 0 unspecified atom stereocenters. The first kappa shape index (κ1) is 18.9. The molecule has 0 aliphatic rings.